The number of hydrogen-bond acceptors (Lipinski definition) is 8. The fourth-order valence-electron chi connectivity index (χ4n) is 2.46. The van der Waals surface area contributed by atoms with Gasteiger partial charge in [-0.1, -0.05) is 26.0 Å². The predicted molar refractivity (Wildman–Crippen MR) is 111 cm³/mol. The molecule has 3 rings (SSSR count). The molecular formula is C18H22N3O6S3-3. The third kappa shape index (κ3) is 8.13. The highest BCUT2D eigenvalue weighted by molar-refractivity contribution is 7.83. The molecule has 0 fully saturated rings. The zero-order chi connectivity index (χ0) is 23.1. The van der Waals surface area contributed by atoms with E-state index in [0.717, 1.165) is 5.57 Å². The second-order valence-corrected chi connectivity index (χ2v) is 9.46. The van der Waals surface area contributed by atoms with Gasteiger partial charge in [0.25, 0.3) is 0 Å². The number of aryl methyl sites for hydroxylation is 2. The quantitative estimate of drug-likeness (QED) is 0.665. The van der Waals surface area contributed by atoms with Gasteiger partial charge in [-0.2, -0.15) is 0 Å². The van der Waals surface area contributed by atoms with Crippen molar-refractivity contribution in [2.45, 2.75) is 44.5 Å². The summed E-state index contributed by atoms with van der Waals surface area (Å²) in [5.74, 6) is 0. The summed E-state index contributed by atoms with van der Waals surface area (Å²) in [7, 11) is 0. The number of aromatic amines is 1. The van der Waals surface area contributed by atoms with E-state index in [2.05, 4.69) is 15.0 Å². The van der Waals surface area contributed by atoms with Crippen LogP contribution in [0.3, 0.4) is 0 Å². The number of allylic oxidation sites excluding steroid dienone is 3. The summed E-state index contributed by atoms with van der Waals surface area (Å²) in [5.41, 5.74) is 1.86. The second kappa shape index (κ2) is 11.5. The molecule has 3 atom stereocenters. The number of hydrogen-bond donors (Lipinski definition) is 1. The van der Waals surface area contributed by atoms with Crippen molar-refractivity contribution in [3.05, 3.63) is 58.7 Å². The van der Waals surface area contributed by atoms with E-state index in [1.165, 1.54) is 12.4 Å². The third-order valence-electron chi connectivity index (χ3n) is 3.74. The number of pyridine rings is 1. The van der Waals surface area contributed by atoms with Crippen LogP contribution in [-0.4, -0.2) is 41.2 Å². The largest absolute Gasteiger partial charge is 0.768 e. The van der Waals surface area contributed by atoms with Gasteiger partial charge in [-0.3, -0.25) is 17.6 Å². The molecule has 3 unspecified atom stereocenters. The normalized spacial score (nSPS) is 17.3. The lowest BCUT2D eigenvalue weighted by Gasteiger charge is -2.09. The average Bonchev–Trinajstić information content (AvgIpc) is 3.18. The number of rotatable bonds is 3. The lowest BCUT2D eigenvalue weighted by atomic mass is 9.96. The summed E-state index contributed by atoms with van der Waals surface area (Å²) in [6.45, 7) is 9.09. The van der Waals surface area contributed by atoms with Gasteiger partial charge in [0.1, 0.15) is 5.03 Å². The topological polar surface area (TPSA) is 162 Å². The predicted octanol–water partition coefficient (Wildman–Crippen LogP) is 2.32. The molecule has 0 aromatic carbocycles. The minimum Gasteiger partial charge on any atom is -0.768 e. The summed E-state index contributed by atoms with van der Waals surface area (Å²) in [6, 6.07) is 3.11. The molecule has 9 nitrogen and oxygen atoms in total. The highest BCUT2D eigenvalue weighted by Crippen LogP contribution is 2.33. The van der Waals surface area contributed by atoms with E-state index >= 15 is 0 Å². The van der Waals surface area contributed by atoms with Gasteiger partial charge in [0.05, 0.1) is 12.0 Å². The monoisotopic (exact) mass is 472 g/mol. The molecule has 166 valence electrons. The van der Waals surface area contributed by atoms with E-state index in [4.69, 9.17) is 0 Å². The maximum Gasteiger partial charge on any atom is 0.134 e. The molecular weight excluding hydrogens is 450 g/mol. The molecule has 0 aliphatic heterocycles. The molecule has 0 saturated heterocycles. The summed E-state index contributed by atoms with van der Waals surface area (Å²) in [6.07, 6.45) is 6.63. The van der Waals surface area contributed by atoms with E-state index < -0.39 is 33.2 Å². The Bertz CT molecular complexity index is 1010. The highest BCUT2D eigenvalue weighted by atomic mass is 32.2. The fraction of sp³-hybridized carbons (Fsp3) is 0.333. The van der Waals surface area contributed by atoms with E-state index in [1.54, 1.807) is 32.2 Å². The van der Waals surface area contributed by atoms with Gasteiger partial charge >= 0.3 is 0 Å². The molecule has 2 aromatic heterocycles. The van der Waals surface area contributed by atoms with Crippen LogP contribution in [0, 0.1) is 19.3 Å². The maximum absolute atomic E-state index is 10.6. The van der Waals surface area contributed by atoms with Gasteiger partial charge in [0.15, 0.2) is 0 Å². The molecule has 30 heavy (non-hydrogen) atoms. The van der Waals surface area contributed by atoms with E-state index in [1.807, 2.05) is 26.8 Å². The van der Waals surface area contributed by atoms with E-state index in [9.17, 15) is 26.3 Å². The summed E-state index contributed by atoms with van der Waals surface area (Å²) < 4.78 is 62.3. The Morgan fingerprint density at radius 2 is 1.57 bits per heavy atom. The van der Waals surface area contributed by atoms with Crippen molar-refractivity contribution in [1.29, 1.82) is 0 Å². The Hall–Kier alpha value is -1.83. The van der Waals surface area contributed by atoms with Crippen molar-refractivity contribution in [3.63, 3.8) is 0 Å². The van der Waals surface area contributed by atoms with Crippen molar-refractivity contribution in [2.75, 3.05) is 0 Å². The zero-order valence-electron chi connectivity index (χ0n) is 17.0. The molecule has 2 heterocycles. The molecule has 1 N–H and O–H groups in total. The van der Waals surface area contributed by atoms with Crippen molar-refractivity contribution in [1.82, 2.24) is 15.0 Å². The van der Waals surface area contributed by atoms with Crippen LogP contribution in [0.1, 0.15) is 32.2 Å². The smallest absolute Gasteiger partial charge is 0.134 e. The lowest BCUT2D eigenvalue weighted by Crippen LogP contribution is -1.98. The molecule has 12 heteroatoms. The van der Waals surface area contributed by atoms with Crippen LogP contribution in [-0.2, 0) is 33.2 Å². The zero-order valence-corrected chi connectivity index (χ0v) is 19.5. The number of aromatic nitrogens is 3. The number of nitrogens with zero attached hydrogens (tertiary/aromatic N) is 2. The van der Waals surface area contributed by atoms with Gasteiger partial charge in [0, 0.05) is 27.1 Å². The Labute approximate surface area is 183 Å². The molecule has 1 aliphatic carbocycles. The Balaban J connectivity index is 0.000000226. The minimum absolute atomic E-state index is 0.0926. The van der Waals surface area contributed by atoms with Gasteiger partial charge in [-0.15, -0.1) is 0 Å². The summed E-state index contributed by atoms with van der Waals surface area (Å²) in [4.78, 5) is 10.7. The Morgan fingerprint density at radius 3 is 1.83 bits per heavy atom. The molecule has 0 radical (unpaired) electrons. The van der Waals surface area contributed by atoms with Crippen molar-refractivity contribution >= 4 is 33.2 Å². The highest BCUT2D eigenvalue weighted by Gasteiger charge is 2.20. The first-order valence-electron chi connectivity index (χ1n) is 8.47. The Kier molecular flexibility index (Phi) is 10.1. The number of imidazole rings is 1. The molecule has 0 spiro atoms. The van der Waals surface area contributed by atoms with Crippen molar-refractivity contribution < 1.29 is 26.3 Å². The van der Waals surface area contributed by atoms with Crippen LogP contribution < -0.4 is 0 Å². The first-order chi connectivity index (χ1) is 13.9. The van der Waals surface area contributed by atoms with Gasteiger partial charge < -0.3 is 18.6 Å². The molecule has 0 saturated carbocycles. The van der Waals surface area contributed by atoms with Crippen LogP contribution in [0.2, 0.25) is 0 Å². The van der Waals surface area contributed by atoms with Crippen LogP contribution in [0.5, 0.6) is 0 Å². The van der Waals surface area contributed by atoms with Crippen LogP contribution in [0.4, 0.5) is 0 Å². The average molecular weight is 473 g/mol. The fourth-order valence-corrected chi connectivity index (χ4v) is 4.12. The molecule has 1 aliphatic rings. The van der Waals surface area contributed by atoms with E-state index in [-0.39, 0.29) is 15.3 Å². The standard InChI is InChI=1S/C8H12O2S.C6H7NO2S.C4H6N2O2S/c1-6-4-8(2,3)5-7(6)11(9)10;1-5-6(10(8)9)3-2-4-7-5;1-3-4(9(7)8)6-2-5-3/h4-5H,1-3H3,(H,9,10);2-4H,1H3,(H,8,9);2H,1H3,(H,5,6)(H,7,8)/p-3. The number of H-pyrrole nitrogens is 1. The first kappa shape index (κ1) is 26.2. The van der Waals surface area contributed by atoms with Crippen molar-refractivity contribution in [3.8, 4) is 0 Å². The number of nitrogens with one attached hydrogen (secondary N) is 1. The summed E-state index contributed by atoms with van der Waals surface area (Å²) >= 11 is -6.43. The van der Waals surface area contributed by atoms with Gasteiger partial charge in [0.2, 0.25) is 0 Å². The van der Waals surface area contributed by atoms with Crippen LogP contribution >= 0.6 is 0 Å². The second-order valence-electron chi connectivity index (χ2n) is 6.78. The van der Waals surface area contributed by atoms with Crippen LogP contribution in [0.15, 0.2) is 57.2 Å². The van der Waals surface area contributed by atoms with Crippen LogP contribution in [0.25, 0.3) is 0 Å². The van der Waals surface area contributed by atoms with Crippen molar-refractivity contribution in [2.24, 2.45) is 5.41 Å². The summed E-state index contributed by atoms with van der Waals surface area (Å²) in [5, 5.41) is 0.0926. The SMILES string of the molecule is CC1=CC(C)(C)C=C1S(=O)[O-].Cc1[nH]cnc1S(=O)[O-].Cc1ncccc1S(=O)[O-]. The minimum atomic E-state index is -2.20. The Morgan fingerprint density at radius 1 is 0.933 bits per heavy atom. The third-order valence-corrected chi connectivity index (χ3v) is 6.06. The molecule has 0 bridgehead atoms. The van der Waals surface area contributed by atoms with Gasteiger partial charge in [-0.05, 0) is 71.7 Å². The first-order valence-corrected chi connectivity index (χ1v) is 11.7. The molecule has 0 amide bonds. The van der Waals surface area contributed by atoms with E-state index in [0.29, 0.717) is 16.3 Å². The lowest BCUT2D eigenvalue weighted by molar-refractivity contribution is 0.532. The maximum atomic E-state index is 10.6. The molecule has 2 aromatic rings. The van der Waals surface area contributed by atoms with Gasteiger partial charge in [-0.25, -0.2) is 4.98 Å².